The van der Waals surface area contributed by atoms with Gasteiger partial charge in [-0.2, -0.15) is 0 Å². The van der Waals surface area contributed by atoms with Gasteiger partial charge in [0.15, 0.2) is 0 Å². The molecule has 1 aliphatic rings. The van der Waals surface area contributed by atoms with Crippen LogP contribution in [0.5, 0.6) is 0 Å². The fourth-order valence-electron chi connectivity index (χ4n) is 1.45. The fourth-order valence-corrected chi connectivity index (χ4v) is 1.90. The van der Waals surface area contributed by atoms with Gasteiger partial charge in [-0.15, -0.1) is 5.10 Å². The van der Waals surface area contributed by atoms with E-state index in [1.807, 2.05) is 5.38 Å². The predicted molar refractivity (Wildman–Crippen MR) is 48.9 cm³/mol. The Labute approximate surface area is 76.4 Å². The standard InChI is InChI=1S/C8H13N3S/c1-2-6-3-8(6)9-4-7-5-12-11-10-7/h5-6,8-9H,2-4H2,1H3. The van der Waals surface area contributed by atoms with E-state index in [2.05, 4.69) is 21.8 Å². The number of aromatic nitrogens is 2. The number of hydrogen-bond donors (Lipinski definition) is 1. The van der Waals surface area contributed by atoms with E-state index in [1.165, 1.54) is 24.4 Å². The van der Waals surface area contributed by atoms with E-state index in [0.717, 1.165) is 24.2 Å². The monoisotopic (exact) mass is 183 g/mol. The van der Waals surface area contributed by atoms with Crippen LogP contribution >= 0.6 is 11.5 Å². The van der Waals surface area contributed by atoms with Crippen molar-refractivity contribution in [2.24, 2.45) is 5.92 Å². The van der Waals surface area contributed by atoms with Gasteiger partial charge in [-0.25, -0.2) is 0 Å². The number of rotatable bonds is 4. The lowest BCUT2D eigenvalue weighted by Gasteiger charge is -1.98. The molecule has 0 spiro atoms. The maximum absolute atomic E-state index is 3.97. The van der Waals surface area contributed by atoms with E-state index in [9.17, 15) is 0 Å². The molecule has 1 N–H and O–H groups in total. The molecule has 1 fully saturated rings. The zero-order chi connectivity index (χ0) is 8.39. The lowest BCUT2D eigenvalue weighted by atomic mass is 10.3. The van der Waals surface area contributed by atoms with Crippen LogP contribution in [-0.4, -0.2) is 15.6 Å². The van der Waals surface area contributed by atoms with Gasteiger partial charge in [0.25, 0.3) is 0 Å². The molecule has 2 unspecified atom stereocenters. The van der Waals surface area contributed by atoms with Crippen molar-refractivity contribution in [2.45, 2.75) is 32.4 Å². The molecule has 1 heterocycles. The summed E-state index contributed by atoms with van der Waals surface area (Å²) in [5, 5.41) is 9.43. The molecule has 2 atom stereocenters. The Bertz CT molecular complexity index is 234. The third-order valence-corrected chi connectivity index (χ3v) is 2.95. The first kappa shape index (κ1) is 8.13. The largest absolute Gasteiger partial charge is 0.308 e. The first-order valence-electron chi connectivity index (χ1n) is 4.39. The molecule has 66 valence electrons. The normalized spacial score (nSPS) is 27.4. The van der Waals surface area contributed by atoms with Gasteiger partial charge in [-0.05, 0) is 23.9 Å². The van der Waals surface area contributed by atoms with Crippen molar-refractivity contribution in [2.75, 3.05) is 0 Å². The quantitative estimate of drug-likeness (QED) is 0.767. The first-order chi connectivity index (χ1) is 5.90. The Morgan fingerprint density at radius 1 is 1.75 bits per heavy atom. The molecule has 12 heavy (non-hydrogen) atoms. The molecule has 2 rings (SSSR count). The van der Waals surface area contributed by atoms with E-state index >= 15 is 0 Å². The second kappa shape index (κ2) is 3.49. The first-order valence-corrected chi connectivity index (χ1v) is 5.23. The van der Waals surface area contributed by atoms with Crippen LogP contribution in [0.2, 0.25) is 0 Å². The van der Waals surface area contributed by atoms with E-state index in [4.69, 9.17) is 0 Å². The summed E-state index contributed by atoms with van der Waals surface area (Å²) in [4.78, 5) is 0. The minimum absolute atomic E-state index is 0.747. The highest BCUT2D eigenvalue weighted by Gasteiger charge is 2.34. The van der Waals surface area contributed by atoms with Gasteiger partial charge in [0.05, 0.1) is 5.69 Å². The Balaban J connectivity index is 1.71. The summed E-state index contributed by atoms with van der Waals surface area (Å²) in [6.45, 7) is 3.13. The van der Waals surface area contributed by atoms with E-state index < -0.39 is 0 Å². The minimum Gasteiger partial charge on any atom is -0.308 e. The van der Waals surface area contributed by atoms with Crippen molar-refractivity contribution >= 4 is 11.5 Å². The molecular formula is C8H13N3S. The maximum atomic E-state index is 3.97. The smallest absolute Gasteiger partial charge is 0.0893 e. The fraction of sp³-hybridized carbons (Fsp3) is 0.750. The molecule has 1 saturated carbocycles. The molecule has 0 aliphatic heterocycles. The van der Waals surface area contributed by atoms with Gasteiger partial charge in [0, 0.05) is 18.0 Å². The second-order valence-electron chi connectivity index (χ2n) is 3.29. The molecule has 0 saturated heterocycles. The van der Waals surface area contributed by atoms with E-state index in [0.29, 0.717) is 0 Å². The SMILES string of the molecule is CCC1CC1NCc1csnn1. The van der Waals surface area contributed by atoms with Crippen molar-refractivity contribution in [1.29, 1.82) is 0 Å². The third kappa shape index (κ3) is 1.81. The molecule has 1 aromatic rings. The van der Waals surface area contributed by atoms with Crippen molar-refractivity contribution in [3.8, 4) is 0 Å². The van der Waals surface area contributed by atoms with Gasteiger partial charge in [-0.3, -0.25) is 0 Å². The Morgan fingerprint density at radius 2 is 2.67 bits per heavy atom. The van der Waals surface area contributed by atoms with Crippen LogP contribution < -0.4 is 5.32 Å². The molecule has 0 radical (unpaired) electrons. The molecule has 3 nitrogen and oxygen atoms in total. The molecule has 1 aromatic heterocycles. The van der Waals surface area contributed by atoms with Crippen molar-refractivity contribution in [3.63, 3.8) is 0 Å². The molecule has 1 aliphatic carbocycles. The predicted octanol–water partition coefficient (Wildman–Crippen LogP) is 1.43. The molecule has 0 aromatic carbocycles. The molecule has 0 amide bonds. The summed E-state index contributed by atoms with van der Waals surface area (Å²) < 4.78 is 3.81. The van der Waals surface area contributed by atoms with Crippen LogP contribution in [0, 0.1) is 5.92 Å². The second-order valence-corrected chi connectivity index (χ2v) is 3.90. The Morgan fingerprint density at radius 3 is 3.25 bits per heavy atom. The van der Waals surface area contributed by atoms with Crippen LogP contribution in [0.3, 0.4) is 0 Å². The van der Waals surface area contributed by atoms with E-state index in [1.54, 1.807) is 0 Å². The third-order valence-electron chi connectivity index (χ3n) is 2.40. The lowest BCUT2D eigenvalue weighted by Crippen LogP contribution is -2.17. The summed E-state index contributed by atoms with van der Waals surface area (Å²) in [5.41, 5.74) is 1.07. The van der Waals surface area contributed by atoms with Crippen molar-refractivity contribution in [3.05, 3.63) is 11.1 Å². The summed E-state index contributed by atoms with van der Waals surface area (Å²) >= 11 is 1.42. The van der Waals surface area contributed by atoms with Crippen LogP contribution in [0.1, 0.15) is 25.5 Å². The average molecular weight is 183 g/mol. The summed E-state index contributed by atoms with van der Waals surface area (Å²) in [6, 6.07) is 0.747. The zero-order valence-electron chi connectivity index (χ0n) is 7.16. The van der Waals surface area contributed by atoms with E-state index in [-0.39, 0.29) is 0 Å². The Hall–Kier alpha value is -0.480. The summed E-state index contributed by atoms with van der Waals surface area (Å²) in [7, 11) is 0. The van der Waals surface area contributed by atoms with Gasteiger partial charge < -0.3 is 5.32 Å². The number of nitrogens with zero attached hydrogens (tertiary/aromatic N) is 2. The minimum atomic E-state index is 0.747. The zero-order valence-corrected chi connectivity index (χ0v) is 7.97. The molecule has 0 bridgehead atoms. The lowest BCUT2D eigenvalue weighted by molar-refractivity contribution is 0.615. The van der Waals surface area contributed by atoms with Crippen LogP contribution in [0.25, 0.3) is 0 Å². The van der Waals surface area contributed by atoms with Crippen LogP contribution in [0.15, 0.2) is 5.38 Å². The van der Waals surface area contributed by atoms with Crippen molar-refractivity contribution < 1.29 is 0 Å². The highest BCUT2D eigenvalue weighted by atomic mass is 32.1. The van der Waals surface area contributed by atoms with Gasteiger partial charge in [-0.1, -0.05) is 17.8 Å². The molecular weight excluding hydrogens is 170 g/mol. The summed E-state index contributed by atoms with van der Waals surface area (Å²) in [6.07, 6.45) is 2.64. The number of hydrogen-bond acceptors (Lipinski definition) is 4. The summed E-state index contributed by atoms with van der Waals surface area (Å²) in [5.74, 6) is 0.914. The van der Waals surface area contributed by atoms with Gasteiger partial charge >= 0.3 is 0 Å². The topological polar surface area (TPSA) is 37.8 Å². The van der Waals surface area contributed by atoms with Crippen LogP contribution in [-0.2, 0) is 6.54 Å². The highest BCUT2D eigenvalue weighted by molar-refractivity contribution is 7.03. The average Bonchev–Trinajstić information content (AvgIpc) is 2.67. The molecule has 4 heteroatoms. The highest BCUT2D eigenvalue weighted by Crippen LogP contribution is 2.33. The Kier molecular flexibility index (Phi) is 2.37. The van der Waals surface area contributed by atoms with Crippen LogP contribution in [0.4, 0.5) is 0 Å². The van der Waals surface area contributed by atoms with Gasteiger partial charge in [0.1, 0.15) is 0 Å². The van der Waals surface area contributed by atoms with Gasteiger partial charge in [0.2, 0.25) is 0 Å². The van der Waals surface area contributed by atoms with Crippen molar-refractivity contribution in [1.82, 2.24) is 14.9 Å². The maximum Gasteiger partial charge on any atom is 0.0893 e. The number of nitrogens with one attached hydrogen (secondary N) is 1.